The molecular formula is C15H34N2O. The molecule has 0 rings (SSSR count). The van der Waals surface area contributed by atoms with Crippen molar-refractivity contribution in [3.05, 3.63) is 0 Å². The minimum absolute atomic E-state index is 0.00615. The number of aliphatic hydroxyl groups is 1. The van der Waals surface area contributed by atoms with E-state index in [0.29, 0.717) is 6.04 Å². The average molecular weight is 258 g/mol. The number of hydrogen-bond acceptors (Lipinski definition) is 3. The van der Waals surface area contributed by atoms with Gasteiger partial charge in [0.15, 0.2) is 0 Å². The predicted octanol–water partition coefficient (Wildman–Crippen LogP) is 2.62. The highest BCUT2D eigenvalue weighted by Crippen LogP contribution is 2.24. The van der Waals surface area contributed by atoms with Crippen molar-refractivity contribution in [1.82, 2.24) is 4.90 Å². The minimum atomic E-state index is -0.00615. The van der Waals surface area contributed by atoms with Crippen LogP contribution >= 0.6 is 0 Å². The van der Waals surface area contributed by atoms with E-state index in [1.165, 1.54) is 6.42 Å². The largest absolute Gasteiger partial charge is 0.395 e. The van der Waals surface area contributed by atoms with Crippen LogP contribution in [0.25, 0.3) is 0 Å². The molecule has 0 heterocycles. The third-order valence-electron chi connectivity index (χ3n) is 3.95. The maximum absolute atomic E-state index is 9.75. The summed E-state index contributed by atoms with van der Waals surface area (Å²) in [5.74, 6) is 0. The molecule has 0 saturated heterocycles. The van der Waals surface area contributed by atoms with Gasteiger partial charge in [-0.25, -0.2) is 0 Å². The number of unbranched alkanes of at least 4 members (excludes halogenated alkanes) is 1. The second-order valence-electron chi connectivity index (χ2n) is 6.49. The van der Waals surface area contributed by atoms with Crippen LogP contribution in [0.1, 0.15) is 60.8 Å². The second-order valence-corrected chi connectivity index (χ2v) is 6.49. The molecule has 3 unspecified atom stereocenters. The van der Waals surface area contributed by atoms with Gasteiger partial charge in [0, 0.05) is 18.1 Å². The number of nitrogens with two attached hydrogens (primary N) is 1. The van der Waals surface area contributed by atoms with Crippen LogP contribution in [0.2, 0.25) is 0 Å². The molecule has 0 spiro atoms. The Morgan fingerprint density at radius 2 is 1.78 bits per heavy atom. The van der Waals surface area contributed by atoms with E-state index >= 15 is 0 Å². The highest BCUT2D eigenvalue weighted by molar-refractivity contribution is 4.91. The van der Waals surface area contributed by atoms with Gasteiger partial charge in [0.05, 0.1) is 6.61 Å². The molecule has 0 amide bonds. The molecule has 0 aliphatic carbocycles. The Bertz CT molecular complexity index is 213. The predicted molar refractivity (Wildman–Crippen MR) is 79.7 cm³/mol. The fraction of sp³-hybridized carbons (Fsp3) is 1.00. The van der Waals surface area contributed by atoms with Crippen LogP contribution in [0.3, 0.4) is 0 Å². The Morgan fingerprint density at radius 3 is 2.11 bits per heavy atom. The van der Waals surface area contributed by atoms with Crippen LogP contribution in [0, 0.1) is 5.41 Å². The Hall–Kier alpha value is -0.120. The number of nitrogens with zero attached hydrogens (tertiary/aromatic N) is 1. The molecule has 0 aromatic rings. The molecule has 0 fully saturated rings. The second kappa shape index (κ2) is 8.13. The molecular weight excluding hydrogens is 224 g/mol. The zero-order chi connectivity index (χ0) is 14.3. The van der Waals surface area contributed by atoms with Gasteiger partial charge in [-0.15, -0.1) is 0 Å². The van der Waals surface area contributed by atoms with Gasteiger partial charge in [-0.2, -0.15) is 0 Å². The topological polar surface area (TPSA) is 49.5 Å². The molecule has 3 heteroatoms. The van der Waals surface area contributed by atoms with Gasteiger partial charge < -0.3 is 10.8 Å². The Balaban J connectivity index is 4.90. The van der Waals surface area contributed by atoms with Crippen LogP contribution in [-0.2, 0) is 0 Å². The maximum Gasteiger partial charge on any atom is 0.0602 e. The normalized spacial score (nSPS) is 17.8. The highest BCUT2D eigenvalue weighted by Gasteiger charge is 2.33. The van der Waals surface area contributed by atoms with Gasteiger partial charge in [0.2, 0.25) is 0 Å². The van der Waals surface area contributed by atoms with Crippen molar-refractivity contribution in [3.63, 3.8) is 0 Å². The van der Waals surface area contributed by atoms with Crippen molar-refractivity contribution in [3.8, 4) is 0 Å². The van der Waals surface area contributed by atoms with E-state index in [0.717, 1.165) is 19.4 Å². The summed E-state index contributed by atoms with van der Waals surface area (Å²) in [7, 11) is 0. The summed E-state index contributed by atoms with van der Waals surface area (Å²) in [6.45, 7) is 14.2. The van der Waals surface area contributed by atoms with Crippen molar-refractivity contribution in [2.24, 2.45) is 11.1 Å². The quantitative estimate of drug-likeness (QED) is 0.703. The molecule has 110 valence electrons. The molecule has 0 aromatic carbocycles. The summed E-state index contributed by atoms with van der Waals surface area (Å²) in [4.78, 5) is 2.40. The molecule has 18 heavy (non-hydrogen) atoms. The third kappa shape index (κ3) is 5.25. The van der Waals surface area contributed by atoms with Crippen molar-refractivity contribution < 1.29 is 5.11 Å². The summed E-state index contributed by atoms with van der Waals surface area (Å²) < 4.78 is 0. The first-order valence-electron chi connectivity index (χ1n) is 7.41. The average Bonchev–Trinajstić information content (AvgIpc) is 2.31. The van der Waals surface area contributed by atoms with Crippen molar-refractivity contribution in [1.29, 1.82) is 0 Å². The van der Waals surface area contributed by atoms with Gasteiger partial charge in [0.1, 0.15) is 0 Å². The molecule has 3 nitrogen and oxygen atoms in total. The van der Waals surface area contributed by atoms with E-state index in [1.54, 1.807) is 0 Å². The van der Waals surface area contributed by atoms with Crippen LogP contribution in [-0.4, -0.2) is 41.3 Å². The Kier molecular flexibility index (Phi) is 8.08. The summed E-state index contributed by atoms with van der Waals surface area (Å²) in [5, 5.41) is 9.75. The van der Waals surface area contributed by atoms with E-state index in [1.807, 2.05) is 0 Å². The van der Waals surface area contributed by atoms with Gasteiger partial charge in [-0.3, -0.25) is 4.90 Å². The number of aliphatic hydroxyl groups excluding tert-OH is 1. The molecule has 0 radical (unpaired) electrons. The lowest BCUT2D eigenvalue weighted by atomic mass is 9.82. The van der Waals surface area contributed by atoms with Gasteiger partial charge in [-0.05, 0) is 31.7 Å². The molecule has 0 saturated carbocycles. The van der Waals surface area contributed by atoms with Gasteiger partial charge in [-0.1, -0.05) is 41.0 Å². The lowest BCUT2D eigenvalue weighted by Gasteiger charge is -2.43. The fourth-order valence-electron chi connectivity index (χ4n) is 2.29. The van der Waals surface area contributed by atoms with E-state index in [9.17, 15) is 5.11 Å². The molecule has 0 aliphatic rings. The first kappa shape index (κ1) is 17.9. The first-order chi connectivity index (χ1) is 8.29. The van der Waals surface area contributed by atoms with Crippen LogP contribution in [0.15, 0.2) is 0 Å². The van der Waals surface area contributed by atoms with Gasteiger partial charge in [0.25, 0.3) is 0 Å². The standard InChI is InChI=1S/C15H34N2O/c1-7-9-10-17(12(3)8-2)13(11-18)14(16)15(4,5)6/h12-14,18H,7-11,16H2,1-6H3. The van der Waals surface area contributed by atoms with E-state index < -0.39 is 0 Å². The lowest BCUT2D eigenvalue weighted by Crippen LogP contribution is -2.57. The van der Waals surface area contributed by atoms with Crippen LogP contribution in [0.5, 0.6) is 0 Å². The highest BCUT2D eigenvalue weighted by atomic mass is 16.3. The molecule has 3 N–H and O–H groups in total. The maximum atomic E-state index is 9.75. The molecule has 3 atom stereocenters. The first-order valence-corrected chi connectivity index (χ1v) is 7.41. The van der Waals surface area contributed by atoms with Crippen LogP contribution in [0.4, 0.5) is 0 Å². The smallest absolute Gasteiger partial charge is 0.0602 e. The van der Waals surface area contributed by atoms with E-state index in [4.69, 9.17) is 5.73 Å². The Labute approximate surface area is 114 Å². The van der Waals surface area contributed by atoms with E-state index in [2.05, 4.69) is 46.4 Å². The zero-order valence-corrected chi connectivity index (χ0v) is 13.2. The molecule has 0 aliphatic heterocycles. The van der Waals surface area contributed by atoms with Crippen molar-refractivity contribution >= 4 is 0 Å². The summed E-state index contributed by atoms with van der Waals surface area (Å²) in [5.41, 5.74) is 6.39. The van der Waals surface area contributed by atoms with Crippen molar-refractivity contribution in [2.75, 3.05) is 13.2 Å². The zero-order valence-electron chi connectivity index (χ0n) is 13.2. The summed E-state index contributed by atoms with van der Waals surface area (Å²) in [6.07, 6.45) is 3.44. The molecule has 0 bridgehead atoms. The SMILES string of the molecule is CCCCN(C(C)CC)C(CO)C(N)C(C)(C)C. The summed E-state index contributed by atoms with van der Waals surface area (Å²) >= 11 is 0. The monoisotopic (exact) mass is 258 g/mol. The van der Waals surface area contributed by atoms with Crippen LogP contribution < -0.4 is 5.73 Å². The Morgan fingerprint density at radius 1 is 1.22 bits per heavy atom. The number of rotatable bonds is 8. The third-order valence-corrected chi connectivity index (χ3v) is 3.95. The fourth-order valence-corrected chi connectivity index (χ4v) is 2.29. The minimum Gasteiger partial charge on any atom is -0.395 e. The van der Waals surface area contributed by atoms with E-state index in [-0.39, 0.29) is 24.1 Å². The number of hydrogen-bond donors (Lipinski definition) is 2. The lowest BCUT2D eigenvalue weighted by molar-refractivity contribution is 0.0428. The van der Waals surface area contributed by atoms with Gasteiger partial charge >= 0.3 is 0 Å². The van der Waals surface area contributed by atoms with Crippen molar-refractivity contribution in [2.45, 2.75) is 78.9 Å². The summed E-state index contributed by atoms with van der Waals surface area (Å²) in [6, 6.07) is 0.530. The molecule has 0 aromatic heterocycles.